The quantitative estimate of drug-likeness (QED) is 0.711. The molecule has 0 unspecified atom stereocenters. The van der Waals surface area contributed by atoms with E-state index in [2.05, 4.69) is 15.2 Å². The second-order valence-corrected chi connectivity index (χ2v) is 3.34. The molecule has 1 N–H and O–H groups in total. The summed E-state index contributed by atoms with van der Waals surface area (Å²) >= 11 is 0. The van der Waals surface area contributed by atoms with Gasteiger partial charge in [-0.3, -0.25) is 5.10 Å². The van der Waals surface area contributed by atoms with Gasteiger partial charge in [-0.05, 0) is 12.1 Å². The van der Waals surface area contributed by atoms with Crippen molar-refractivity contribution in [3.8, 4) is 17.2 Å². The number of hydrogen-bond acceptors (Lipinski definition) is 4. The van der Waals surface area contributed by atoms with Gasteiger partial charge in [-0.15, -0.1) is 0 Å². The molecule has 0 amide bonds. The molecular weight excluding hydrogens is 206 g/mol. The molecule has 5 heteroatoms. The van der Waals surface area contributed by atoms with Crippen LogP contribution in [0.1, 0.15) is 0 Å². The van der Waals surface area contributed by atoms with Crippen LogP contribution in [0, 0.1) is 0 Å². The van der Waals surface area contributed by atoms with Crippen molar-refractivity contribution in [3.63, 3.8) is 0 Å². The van der Waals surface area contributed by atoms with Gasteiger partial charge in [-0.2, -0.15) is 5.10 Å². The zero-order valence-corrected chi connectivity index (χ0v) is 8.60. The van der Waals surface area contributed by atoms with Crippen LogP contribution in [0.25, 0.3) is 22.6 Å². The molecule has 1 aromatic carbocycles. The topological polar surface area (TPSA) is 63.9 Å². The molecule has 5 nitrogen and oxygen atoms in total. The second kappa shape index (κ2) is 3.37. The summed E-state index contributed by atoms with van der Waals surface area (Å²) in [6, 6.07) is 5.52. The van der Waals surface area contributed by atoms with Crippen LogP contribution in [-0.2, 0) is 0 Å². The summed E-state index contributed by atoms with van der Waals surface area (Å²) in [6.45, 7) is 0. The van der Waals surface area contributed by atoms with E-state index < -0.39 is 0 Å². The summed E-state index contributed by atoms with van der Waals surface area (Å²) in [4.78, 5) is 4.35. The van der Waals surface area contributed by atoms with Gasteiger partial charge in [-0.25, -0.2) is 4.98 Å². The van der Waals surface area contributed by atoms with Gasteiger partial charge < -0.3 is 9.15 Å². The van der Waals surface area contributed by atoms with Crippen molar-refractivity contribution < 1.29 is 9.15 Å². The van der Waals surface area contributed by atoms with E-state index in [9.17, 15) is 0 Å². The molecule has 0 aliphatic heterocycles. The molecule has 0 saturated carbocycles. The third kappa shape index (κ3) is 1.33. The van der Waals surface area contributed by atoms with E-state index >= 15 is 0 Å². The minimum Gasteiger partial charge on any atom is -0.497 e. The van der Waals surface area contributed by atoms with Crippen LogP contribution in [-0.4, -0.2) is 22.3 Å². The largest absolute Gasteiger partial charge is 0.497 e. The Morgan fingerprint density at radius 2 is 2.31 bits per heavy atom. The van der Waals surface area contributed by atoms with E-state index in [1.807, 2.05) is 18.2 Å². The molecule has 0 atom stereocenters. The Labute approximate surface area is 91.1 Å². The Hall–Kier alpha value is -2.30. The van der Waals surface area contributed by atoms with Gasteiger partial charge in [0.2, 0.25) is 5.89 Å². The highest BCUT2D eigenvalue weighted by Crippen LogP contribution is 2.26. The Bertz CT molecular complexity index is 613. The molecule has 2 aromatic heterocycles. The van der Waals surface area contributed by atoms with E-state index in [-0.39, 0.29) is 0 Å². The molecule has 3 rings (SSSR count). The predicted molar refractivity (Wildman–Crippen MR) is 58.1 cm³/mol. The minimum atomic E-state index is 0.553. The second-order valence-electron chi connectivity index (χ2n) is 3.34. The van der Waals surface area contributed by atoms with Crippen molar-refractivity contribution >= 4 is 11.1 Å². The highest BCUT2D eigenvalue weighted by molar-refractivity contribution is 5.77. The van der Waals surface area contributed by atoms with Gasteiger partial charge in [-0.1, -0.05) is 0 Å². The number of aromatic amines is 1. The molecule has 0 radical (unpaired) electrons. The van der Waals surface area contributed by atoms with Crippen LogP contribution in [0.3, 0.4) is 0 Å². The highest BCUT2D eigenvalue weighted by Gasteiger charge is 2.09. The lowest BCUT2D eigenvalue weighted by molar-refractivity contribution is 0.414. The van der Waals surface area contributed by atoms with Crippen molar-refractivity contribution in [2.45, 2.75) is 0 Å². The van der Waals surface area contributed by atoms with E-state index in [0.717, 1.165) is 16.8 Å². The molecule has 0 fully saturated rings. The fraction of sp³-hybridized carbons (Fsp3) is 0.0909. The van der Waals surface area contributed by atoms with Crippen LogP contribution in [0.4, 0.5) is 0 Å². The highest BCUT2D eigenvalue weighted by atomic mass is 16.5. The lowest BCUT2D eigenvalue weighted by Gasteiger charge is -1.95. The fourth-order valence-electron chi connectivity index (χ4n) is 1.52. The van der Waals surface area contributed by atoms with E-state index in [4.69, 9.17) is 9.15 Å². The SMILES string of the molecule is COc1ccc2nc(-c3cn[nH]c3)oc2c1. The van der Waals surface area contributed by atoms with Crippen LogP contribution in [0.2, 0.25) is 0 Å². The third-order valence-electron chi connectivity index (χ3n) is 2.34. The molecule has 0 aliphatic rings. The van der Waals surface area contributed by atoms with Gasteiger partial charge in [0.05, 0.1) is 18.9 Å². The molecule has 80 valence electrons. The maximum atomic E-state index is 5.60. The number of H-pyrrole nitrogens is 1. The summed E-state index contributed by atoms with van der Waals surface area (Å²) in [5, 5.41) is 6.57. The summed E-state index contributed by atoms with van der Waals surface area (Å²) in [5.41, 5.74) is 2.34. The molecule has 0 aliphatic carbocycles. The number of nitrogens with zero attached hydrogens (tertiary/aromatic N) is 2. The lowest BCUT2D eigenvalue weighted by Crippen LogP contribution is -1.80. The first-order valence-corrected chi connectivity index (χ1v) is 4.80. The summed E-state index contributed by atoms with van der Waals surface area (Å²) in [5.74, 6) is 1.30. The molecule has 3 aromatic rings. The fourth-order valence-corrected chi connectivity index (χ4v) is 1.52. The number of aromatic nitrogens is 3. The van der Waals surface area contributed by atoms with E-state index in [1.165, 1.54) is 0 Å². The third-order valence-corrected chi connectivity index (χ3v) is 2.34. The first-order chi connectivity index (χ1) is 7.86. The van der Waals surface area contributed by atoms with Crippen LogP contribution < -0.4 is 4.74 Å². The number of fused-ring (bicyclic) bond motifs is 1. The first-order valence-electron chi connectivity index (χ1n) is 4.80. The van der Waals surface area contributed by atoms with Gasteiger partial charge in [0.1, 0.15) is 11.3 Å². The predicted octanol–water partition coefficient (Wildman–Crippen LogP) is 2.23. The average Bonchev–Trinajstić information content (AvgIpc) is 2.96. The molecule has 16 heavy (non-hydrogen) atoms. The Kier molecular flexibility index (Phi) is 1.89. The van der Waals surface area contributed by atoms with E-state index in [1.54, 1.807) is 19.5 Å². The van der Waals surface area contributed by atoms with Crippen molar-refractivity contribution in [1.82, 2.24) is 15.2 Å². The number of hydrogen-bond donors (Lipinski definition) is 1. The summed E-state index contributed by atoms with van der Waals surface area (Å²) < 4.78 is 10.7. The number of nitrogens with one attached hydrogen (secondary N) is 1. The number of rotatable bonds is 2. The smallest absolute Gasteiger partial charge is 0.230 e. The number of methoxy groups -OCH3 is 1. The van der Waals surface area contributed by atoms with Gasteiger partial charge in [0.15, 0.2) is 5.58 Å². The van der Waals surface area contributed by atoms with Gasteiger partial charge in [0, 0.05) is 12.3 Å². The minimum absolute atomic E-state index is 0.553. The lowest BCUT2D eigenvalue weighted by atomic mass is 10.3. The van der Waals surface area contributed by atoms with Crippen molar-refractivity contribution in [1.29, 1.82) is 0 Å². The molecular formula is C11H9N3O2. The molecule has 0 bridgehead atoms. The average molecular weight is 215 g/mol. The number of oxazole rings is 1. The summed E-state index contributed by atoms with van der Waals surface area (Å²) in [7, 11) is 1.62. The summed E-state index contributed by atoms with van der Waals surface area (Å²) in [6.07, 6.45) is 3.41. The van der Waals surface area contributed by atoms with Gasteiger partial charge >= 0.3 is 0 Å². The van der Waals surface area contributed by atoms with Crippen molar-refractivity contribution in [3.05, 3.63) is 30.6 Å². The van der Waals surface area contributed by atoms with Crippen LogP contribution >= 0.6 is 0 Å². The number of ether oxygens (including phenoxy) is 1. The number of benzene rings is 1. The van der Waals surface area contributed by atoms with Crippen LogP contribution in [0.15, 0.2) is 35.0 Å². The van der Waals surface area contributed by atoms with E-state index in [0.29, 0.717) is 11.5 Å². The zero-order chi connectivity index (χ0) is 11.0. The van der Waals surface area contributed by atoms with Gasteiger partial charge in [0.25, 0.3) is 0 Å². The molecule has 2 heterocycles. The maximum Gasteiger partial charge on any atom is 0.230 e. The van der Waals surface area contributed by atoms with Crippen molar-refractivity contribution in [2.24, 2.45) is 0 Å². The Morgan fingerprint density at radius 1 is 1.38 bits per heavy atom. The Morgan fingerprint density at radius 3 is 3.06 bits per heavy atom. The monoisotopic (exact) mass is 215 g/mol. The molecule has 0 spiro atoms. The van der Waals surface area contributed by atoms with Crippen molar-refractivity contribution in [2.75, 3.05) is 7.11 Å². The molecule has 0 saturated heterocycles. The first kappa shape index (κ1) is 8.96. The zero-order valence-electron chi connectivity index (χ0n) is 8.60. The normalized spacial score (nSPS) is 10.8. The van der Waals surface area contributed by atoms with Crippen LogP contribution in [0.5, 0.6) is 5.75 Å². The standard InChI is InChI=1S/C11H9N3O2/c1-15-8-2-3-9-10(4-8)16-11(14-9)7-5-12-13-6-7/h2-6H,1H3,(H,12,13). The maximum absolute atomic E-state index is 5.60. The Balaban J connectivity index is 2.16.